The van der Waals surface area contributed by atoms with Gasteiger partial charge in [-0.2, -0.15) is 0 Å². The van der Waals surface area contributed by atoms with E-state index >= 15 is 0 Å². The van der Waals surface area contributed by atoms with Crippen LogP contribution in [0.25, 0.3) is 11.3 Å². The van der Waals surface area contributed by atoms with Crippen molar-refractivity contribution in [3.05, 3.63) is 46.6 Å². The molecule has 0 aliphatic rings. The first kappa shape index (κ1) is 14.9. The van der Waals surface area contributed by atoms with Crippen LogP contribution in [0.2, 0.25) is 0 Å². The van der Waals surface area contributed by atoms with Gasteiger partial charge in [0.05, 0.1) is 0 Å². The van der Waals surface area contributed by atoms with Crippen LogP contribution in [0.15, 0.2) is 45.3 Å². The molecule has 2 rings (SSSR count). The molecule has 0 spiro atoms. The molecule has 20 heavy (non-hydrogen) atoms. The van der Waals surface area contributed by atoms with E-state index in [2.05, 4.69) is 21.2 Å². The molecule has 0 aliphatic carbocycles. The van der Waals surface area contributed by atoms with Gasteiger partial charge < -0.3 is 9.73 Å². The van der Waals surface area contributed by atoms with Gasteiger partial charge in [0.1, 0.15) is 11.5 Å². The van der Waals surface area contributed by atoms with Crippen molar-refractivity contribution in [2.45, 2.75) is 32.7 Å². The maximum Gasteiger partial charge on any atom is 0.220 e. The summed E-state index contributed by atoms with van der Waals surface area (Å²) in [5, 5.41) is 2.87. The Kier molecular flexibility index (Phi) is 5.01. The maximum absolute atomic E-state index is 11.6. The number of rotatable bonds is 5. The first-order valence-electron chi connectivity index (χ1n) is 6.68. The van der Waals surface area contributed by atoms with Crippen molar-refractivity contribution in [2.24, 2.45) is 0 Å². The van der Waals surface area contributed by atoms with Crippen molar-refractivity contribution >= 4 is 21.8 Å². The van der Waals surface area contributed by atoms with E-state index in [1.165, 1.54) is 0 Å². The predicted octanol–water partition coefficient (Wildman–Crippen LogP) is 4.17. The molecule has 1 aromatic heterocycles. The summed E-state index contributed by atoms with van der Waals surface area (Å²) in [6, 6.07) is 12.0. The average molecular weight is 336 g/mol. The molecule has 1 amide bonds. The van der Waals surface area contributed by atoms with E-state index in [0.717, 1.165) is 21.6 Å². The van der Waals surface area contributed by atoms with Gasteiger partial charge in [-0.25, -0.2) is 0 Å². The maximum atomic E-state index is 11.6. The van der Waals surface area contributed by atoms with Crippen molar-refractivity contribution in [3.63, 3.8) is 0 Å². The molecule has 0 atom stereocenters. The van der Waals surface area contributed by atoms with E-state index in [1.54, 1.807) is 0 Å². The van der Waals surface area contributed by atoms with Crippen LogP contribution >= 0.6 is 15.9 Å². The molecule has 0 aliphatic heterocycles. The van der Waals surface area contributed by atoms with Gasteiger partial charge in [-0.1, -0.05) is 28.1 Å². The third-order valence-corrected chi connectivity index (χ3v) is 3.37. The van der Waals surface area contributed by atoms with Gasteiger partial charge in [0.15, 0.2) is 0 Å². The topological polar surface area (TPSA) is 42.2 Å². The van der Waals surface area contributed by atoms with Gasteiger partial charge in [0.25, 0.3) is 0 Å². The summed E-state index contributed by atoms with van der Waals surface area (Å²) in [5.41, 5.74) is 1.03. The lowest BCUT2D eigenvalue weighted by Crippen LogP contribution is -2.30. The number of halogens is 1. The van der Waals surface area contributed by atoms with Gasteiger partial charge in [-0.05, 0) is 38.1 Å². The van der Waals surface area contributed by atoms with Crippen LogP contribution in [0.4, 0.5) is 0 Å². The lowest BCUT2D eigenvalue weighted by atomic mass is 10.2. The second-order valence-corrected chi connectivity index (χ2v) is 5.91. The Bertz CT molecular complexity index is 572. The van der Waals surface area contributed by atoms with E-state index in [9.17, 15) is 4.79 Å². The van der Waals surface area contributed by atoms with Crippen LogP contribution in [-0.4, -0.2) is 11.9 Å². The van der Waals surface area contributed by atoms with Crippen molar-refractivity contribution in [2.75, 3.05) is 0 Å². The Balaban J connectivity index is 1.95. The molecule has 3 nitrogen and oxygen atoms in total. The summed E-state index contributed by atoms with van der Waals surface area (Å²) in [6.45, 7) is 3.91. The molecule has 0 saturated carbocycles. The zero-order valence-electron chi connectivity index (χ0n) is 11.7. The van der Waals surface area contributed by atoms with Gasteiger partial charge in [0, 0.05) is 28.9 Å². The van der Waals surface area contributed by atoms with Gasteiger partial charge in [-0.15, -0.1) is 0 Å². The van der Waals surface area contributed by atoms with E-state index in [4.69, 9.17) is 4.42 Å². The molecule has 0 unspecified atom stereocenters. The Labute approximate surface area is 127 Å². The number of amides is 1. The summed E-state index contributed by atoms with van der Waals surface area (Å²) in [5.74, 6) is 1.72. The fourth-order valence-corrected chi connectivity index (χ4v) is 2.18. The van der Waals surface area contributed by atoms with Crippen LogP contribution in [-0.2, 0) is 11.2 Å². The number of carbonyl (C=O) groups excluding carboxylic acids is 1. The number of nitrogens with one attached hydrogen (secondary N) is 1. The quantitative estimate of drug-likeness (QED) is 0.891. The second kappa shape index (κ2) is 6.75. The highest BCUT2D eigenvalue weighted by Crippen LogP contribution is 2.24. The highest BCUT2D eigenvalue weighted by atomic mass is 79.9. The first-order chi connectivity index (χ1) is 9.54. The fraction of sp³-hybridized carbons (Fsp3) is 0.312. The number of aryl methyl sites for hydroxylation is 1. The van der Waals surface area contributed by atoms with Crippen molar-refractivity contribution in [3.8, 4) is 11.3 Å². The second-order valence-electron chi connectivity index (χ2n) is 5.00. The van der Waals surface area contributed by atoms with Crippen molar-refractivity contribution in [1.29, 1.82) is 0 Å². The normalized spacial score (nSPS) is 10.8. The summed E-state index contributed by atoms with van der Waals surface area (Å²) < 4.78 is 6.81. The lowest BCUT2D eigenvalue weighted by molar-refractivity contribution is -0.121. The smallest absolute Gasteiger partial charge is 0.220 e. The number of hydrogen-bond acceptors (Lipinski definition) is 2. The Morgan fingerprint density at radius 1 is 1.20 bits per heavy atom. The predicted molar refractivity (Wildman–Crippen MR) is 83.4 cm³/mol. The summed E-state index contributed by atoms with van der Waals surface area (Å²) in [7, 11) is 0. The van der Waals surface area contributed by atoms with Crippen LogP contribution in [0.1, 0.15) is 26.0 Å². The van der Waals surface area contributed by atoms with Gasteiger partial charge >= 0.3 is 0 Å². The van der Waals surface area contributed by atoms with Crippen molar-refractivity contribution < 1.29 is 9.21 Å². The van der Waals surface area contributed by atoms with Crippen LogP contribution in [0.5, 0.6) is 0 Å². The number of furan rings is 1. The van der Waals surface area contributed by atoms with Gasteiger partial charge in [0.2, 0.25) is 5.91 Å². The summed E-state index contributed by atoms with van der Waals surface area (Å²) in [6.07, 6.45) is 1.07. The molecule has 0 bridgehead atoms. The third-order valence-electron chi connectivity index (χ3n) is 2.84. The van der Waals surface area contributed by atoms with Crippen molar-refractivity contribution in [1.82, 2.24) is 5.32 Å². The number of carbonyl (C=O) groups is 1. The SMILES string of the molecule is CC(C)NC(=O)CCc1ccc(-c2ccc(Br)cc2)o1. The molecule has 4 heteroatoms. The largest absolute Gasteiger partial charge is 0.461 e. The minimum Gasteiger partial charge on any atom is -0.461 e. The molecular formula is C16H18BrNO2. The number of benzene rings is 1. The Morgan fingerprint density at radius 2 is 1.90 bits per heavy atom. The zero-order chi connectivity index (χ0) is 14.5. The minimum absolute atomic E-state index is 0.0570. The number of hydrogen-bond donors (Lipinski definition) is 1. The molecule has 1 N–H and O–H groups in total. The standard InChI is InChI=1S/C16H18BrNO2/c1-11(2)18-16(19)10-8-14-7-9-15(20-14)12-3-5-13(17)6-4-12/h3-7,9,11H,8,10H2,1-2H3,(H,18,19). The van der Waals surface area contributed by atoms with E-state index in [1.807, 2.05) is 50.2 Å². The average Bonchev–Trinajstić information content (AvgIpc) is 2.85. The van der Waals surface area contributed by atoms with Gasteiger partial charge in [-0.3, -0.25) is 4.79 Å². The monoisotopic (exact) mass is 335 g/mol. The fourth-order valence-electron chi connectivity index (χ4n) is 1.91. The lowest BCUT2D eigenvalue weighted by Gasteiger charge is -2.06. The Morgan fingerprint density at radius 3 is 2.55 bits per heavy atom. The molecule has 2 aromatic rings. The highest BCUT2D eigenvalue weighted by Gasteiger charge is 2.08. The molecule has 0 radical (unpaired) electrons. The summed E-state index contributed by atoms with van der Waals surface area (Å²) >= 11 is 3.41. The zero-order valence-corrected chi connectivity index (χ0v) is 13.2. The van der Waals surface area contributed by atoms with Crippen LogP contribution in [0, 0.1) is 0 Å². The van der Waals surface area contributed by atoms with E-state index < -0.39 is 0 Å². The van der Waals surface area contributed by atoms with E-state index in [0.29, 0.717) is 12.8 Å². The first-order valence-corrected chi connectivity index (χ1v) is 7.48. The molecule has 106 valence electrons. The molecule has 1 aromatic carbocycles. The Hall–Kier alpha value is -1.55. The third kappa shape index (κ3) is 4.23. The van der Waals surface area contributed by atoms with E-state index in [-0.39, 0.29) is 11.9 Å². The molecule has 0 saturated heterocycles. The van der Waals surface area contributed by atoms with Crippen LogP contribution < -0.4 is 5.32 Å². The minimum atomic E-state index is 0.0570. The highest BCUT2D eigenvalue weighted by molar-refractivity contribution is 9.10. The van der Waals surface area contributed by atoms with Crippen LogP contribution in [0.3, 0.4) is 0 Å². The summed E-state index contributed by atoms with van der Waals surface area (Å²) in [4.78, 5) is 11.6. The molecule has 1 heterocycles. The molecule has 0 fully saturated rings. The molecular weight excluding hydrogens is 318 g/mol.